The first kappa shape index (κ1) is 15.4. The van der Waals surface area contributed by atoms with Crippen LogP contribution in [0.1, 0.15) is 41.0 Å². The summed E-state index contributed by atoms with van der Waals surface area (Å²) in [6.45, 7) is 10.2. The summed E-state index contributed by atoms with van der Waals surface area (Å²) in [6.07, 6.45) is 0.730. The van der Waals surface area contributed by atoms with Gasteiger partial charge in [0.15, 0.2) is 0 Å². The molecule has 0 fully saturated rings. The molecule has 4 heteroatoms. The van der Waals surface area contributed by atoms with Crippen molar-refractivity contribution in [1.82, 2.24) is 5.32 Å². The minimum atomic E-state index is -0.549. The standard InChI is InChI=1S/C12H26N2O2/c1-11(2,3)8-9(12(4,5)13)10(16)14-6-7-15/h9,15H,6-8,13H2,1-5H3,(H,14,16). The third-order valence-electron chi connectivity index (χ3n) is 2.44. The van der Waals surface area contributed by atoms with Gasteiger partial charge in [-0.05, 0) is 25.7 Å². The summed E-state index contributed by atoms with van der Waals surface area (Å²) in [5.41, 5.74) is 5.54. The van der Waals surface area contributed by atoms with Gasteiger partial charge >= 0.3 is 0 Å². The van der Waals surface area contributed by atoms with Crippen LogP contribution in [-0.2, 0) is 4.79 Å². The maximum Gasteiger partial charge on any atom is 0.225 e. The van der Waals surface area contributed by atoms with Crippen LogP contribution in [0, 0.1) is 11.3 Å². The molecule has 0 aromatic heterocycles. The highest BCUT2D eigenvalue weighted by Crippen LogP contribution is 2.29. The minimum absolute atomic E-state index is 0.0427. The Hall–Kier alpha value is -0.610. The maximum absolute atomic E-state index is 11.9. The molecule has 96 valence electrons. The lowest BCUT2D eigenvalue weighted by Crippen LogP contribution is -2.50. The average Bonchev–Trinajstić information content (AvgIpc) is 2.07. The van der Waals surface area contributed by atoms with E-state index in [0.29, 0.717) is 0 Å². The Labute approximate surface area is 98.6 Å². The molecule has 0 saturated heterocycles. The normalized spacial score (nSPS) is 14.7. The van der Waals surface area contributed by atoms with E-state index in [9.17, 15) is 4.79 Å². The summed E-state index contributed by atoms with van der Waals surface area (Å²) in [5, 5.41) is 11.4. The summed E-state index contributed by atoms with van der Waals surface area (Å²) in [7, 11) is 0. The van der Waals surface area contributed by atoms with Gasteiger partial charge in [0.2, 0.25) is 5.91 Å². The zero-order valence-electron chi connectivity index (χ0n) is 11.1. The molecule has 1 unspecified atom stereocenters. The second-order valence-electron chi connectivity index (χ2n) is 6.15. The van der Waals surface area contributed by atoms with Gasteiger partial charge in [-0.15, -0.1) is 0 Å². The fourth-order valence-corrected chi connectivity index (χ4v) is 1.61. The third kappa shape index (κ3) is 6.08. The summed E-state index contributed by atoms with van der Waals surface area (Å²) in [4.78, 5) is 11.9. The molecule has 0 bridgehead atoms. The van der Waals surface area contributed by atoms with Crippen LogP contribution in [0.4, 0.5) is 0 Å². The molecule has 0 aliphatic carbocycles. The maximum atomic E-state index is 11.9. The van der Waals surface area contributed by atoms with Crippen LogP contribution in [0.15, 0.2) is 0 Å². The number of rotatable bonds is 5. The van der Waals surface area contributed by atoms with Crippen LogP contribution in [0.5, 0.6) is 0 Å². The monoisotopic (exact) mass is 230 g/mol. The molecule has 0 spiro atoms. The molecular weight excluding hydrogens is 204 g/mol. The van der Waals surface area contributed by atoms with Crippen molar-refractivity contribution in [2.75, 3.05) is 13.2 Å². The van der Waals surface area contributed by atoms with Crippen molar-refractivity contribution in [3.63, 3.8) is 0 Å². The van der Waals surface area contributed by atoms with Crippen LogP contribution in [0.3, 0.4) is 0 Å². The SMILES string of the molecule is CC(C)(C)CC(C(=O)NCCO)C(C)(C)N. The van der Waals surface area contributed by atoms with Gasteiger partial charge in [-0.25, -0.2) is 0 Å². The van der Waals surface area contributed by atoms with Crippen molar-refractivity contribution >= 4 is 5.91 Å². The zero-order chi connectivity index (χ0) is 13.0. The molecule has 0 aromatic carbocycles. The highest BCUT2D eigenvalue weighted by atomic mass is 16.3. The van der Waals surface area contributed by atoms with Crippen LogP contribution < -0.4 is 11.1 Å². The van der Waals surface area contributed by atoms with E-state index < -0.39 is 5.54 Å². The lowest BCUT2D eigenvalue weighted by atomic mass is 9.76. The van der Waals surface area contributed by atoms with Gasteiger partial charge in [0, 0.05) is 12.1 Å². The Morgan fingerprint density at radius 1 is 1.31 bits per heavy atom. The largest absolute Gasteiger partial charge is 0.395 e. The van der Waals surface area contributed by atoms with Crippen LogP contribution in [-0.4, -0.2) is 29.7 Å². The van der Waals surface area contributed by atoms with E-state index in [2.05, 4.69) is 26.1 Å². The molecule has 0 aromatic rings. The molecule has 0 aliphatic heterocycles. The first-order valence-corrected chi connectivity index (χ1v) is 5.75. The minimum Gasteiger partial charge on any atom is -0.395 e. The van der Waals surface area contributed by atoms with Gasteiger partial charge in [0.25, 0.3) is 0 Å². The van der Waals surface area contributed by atoms with E-state index in [4.69, 9.17) is 10.8 Å². The molecule has 4 nitrogen and oxygen atoms in total. The molecule has 16 heavy (non-hydrogen) atoms. The molecule has 1 amide bonds. The fourth-order valence-electron chi connectivity index (χ4n) is 1.61. The van der Waals surface area contributed by atoms with E-state index in [1.165, 1.54) is 0 Å². The van der Waals surface area contributed by atoms with Crippen LogP contribution in [0.2, 0.25) is 0 Å². The smallest absolute Gasteiger partial charge is 0.225 e. The molecule has 0 saturated carbocycles. The van der Waals surface area contributed by atoms with Crippen molar-refractivity contribution in [3.05, 3.63) is 0 Å². The van der Waals surface area contributed by atoms with Crippen molar-refractivity contribution in [2.45, 2.75) is 46.6 Å². The van der Waals surface area contributed by atoms with Gasteiger partial charge in [-0.1, -0.05) is 20.8 Å². The highest BCUT2D eigenvalue weighted by molar-refractivity contribution is 5.80. The number of aliphatic hydroxyl groups is 1. The van der Waals surface area contributed by atoms with Gasteiger partial charge in [0.1, 0.15) is 0 Å². The third-order valence-corrected chi connectivity index (χ3v) is 2.44. The Kier molecular flexibility index (Phi) is 5.42. The molecule has 4 N–H and O–H groups in total. The zero-order valence-corrected chi connectivity index (χ0v) is 11.1. The van der Waals surface area contributed by atoms with E-state index in [1.807, 2.05) is 13.8 Å². The molecule has 0 radical (unpaired) electrons. The second-order valence-corrected chi connectivity index (χ2v) is 6.15. The number of carbonyl (C=O) groups excluding carboxylic acids is 1. The number of hydrogen-bond donors (Lipinski definition) is 3. The van der Waals surface area contributed by atoms with Gasteiger partial charge in [0.05, 0.1) is 12.5 Å². The number of nitrogens with one attached hydrogen (secondary N) is 1. The summed E-state index contributed by atoms with van der Waals surface area (Å²) in [5.74, 6) is -0.310. The van der Waals surface area contributed by atoms with E-state index in [1.54, 1.807) is 0 Å². The molecular formula is C12H26N2O2. The number of carbonyl (C=O) groups is 1. The predicted molar refractivity (Wildman–Crippen MR) is 65.9 cm³/mol. The molecule has 0 rings (SSSR count). The summed E-state index contributed by atoms with van der Waals surface area (Å²) >= 11 is 0. The Morgan fingerprint density at radius 3 is 2.12 bits per heavy atom. The number of nitrogens with two attached hydrogens (primary N) is 1. The highest BCUT2D eigenvalue weighted by Gasteiger charge is 2.34. The summed E-state index contributed by atoms with van der Waals surface area (Å²) < 4.78 is 0. The van der Waals surface area contributed by atoms with Gasteiger partial charge in [-0.3, -0.25) is 4.79 Å². The number of hydrogen-bond acceptors (Lipinski definition) is 3. The Balaban J connectivity index is 4.62. The first-order valence-electron chi connectivity index (χ1n) is 5.75. The second kappa shape index (κ2) is 5.64. The lowest BCUT2D eigenvalue weighted by molar-refractivity contribution is -0.128. The molecule has 0 aliphatic rings. The van der Waals surface area contributed by atoms with E-state index in [0.717, 1.165) is 6.42 Å². The Bertz CT molecular complexity index is 226. The quantitative estimate of drug-likeness (QED) is 0.656. The van der Waals surface area contributed by atoms with Gasteiger partial charge in [-0.2, -0.15) is 0 Å². The number of amides is 1. The summed E-state index contributed by atoms with van der Waals surface area (Å²) in [6, 6.07) is 0. The van der Waals surface area contributed by atoms with Crippen LogP contribution in [0.25, 0.3) is 0 Å². The van der Waals surface area contributed by atoms with Gasteiger partial charge < -0.3 is 16.2 Å². The first-order chi connectivity index (χ1) is 7.08. The fraction of sp³-hybridized carbons (Fsp3) is 0.917. The van der Waals surface area contributed by atoms with E-state index in [-0.39, 0.29) is 30.4 Å². The molecule has 0 heterocycles. The Morgan fingerprint density at radius 2 is 1.81 bits per heavy atom. The van der Waals surface area contributed by atoms with Crippen molar-refractivity contribution in [3.8, 4) is 0 Å². The van der Waals surface area contributed by atoms with Crippen molar-refractivity contribution < 1.29 is 9.90 Å². The van der Waals surface area contributed by atoms with E-state index >= 15 is 0 Å². The van der Waals surface area contributed by atoms with Crippen molar-refractivity contribution in [2.24, 2.45) is 17.1 Å². The molecule has 1 atom stereocenters. The van der Waals surface area contributed by atoms with Crippen molar-refractivity contribution in [1.29, 1.82) is 0 Å². The number of aliphatic hydroxyl groups excluding tert-OH is 1. The predicted octanol–water partition coefficient (Wildman–Crippen LogP) is 0.885. The topological polar surface area (TPSA) is 75.3 Å². The van der Waals surface area contributed by atoms with Crippen LogP contribution >= 0.6 is 0 Å². The average molecular weight is 230 g/mol. The lowest BCUT2D eigenvalue weighted by Gasteiger charge is -2.34.